The van der Waals surface area contributed by atoms with Gasteiger partial charge in [-0.05, 0) is 46.8 Å². The highest BCUT2D eigenvalue weighted by atomic mass is 32.1. The Morgan fingerprint density at radius 2 is 2.04 bits per heavy atom. The number of nitrogens with zero attached hydrogens (tertiary/aromatic N) is 2. The number of amides is 1. The Hall–Kier alpha value is -1.70. The maximum absolute atomic E-state index is 12.5. The lowest BCUT2D eigenvalue weighted by Crippen LogP contribution is -2.58. The van der Waals surface area contributed by atoms with Crippen LogP contribution in [0.1, 0.15) is 43.9 Å². The molecule has 3 rings (SSSR count). The van der Waals surface area contributed by atoms with Crippen molar-refractivity contribution in [1.82, 2.24) is 15.2 Å². The van der Waals surface area contributed by atoms with Crippen LogP contribution in [0.4, 0.5) is 0 Å². The lowest BCUT2D eigenvalue weighted by molar-refractivity contribution is -0.0948. The summed E-state index contributed by atoms with van der Waals surface area (Å²) in [5, 5.41) is 5.52. The van der Waals surface area contributed by atoms with Crippen molar-refractivity contribution in [3.8, 4) is 10.8 Å². The molecule has 1 aliphatic rings. The van der Waals surface area contributed by atoms with Gasteiger partial charge in [-0.15, -0.1) is 11.3 Å². The average Bonchev–Trinajstić information content (AvgIpc) is 3.20. The van der Waals surface area contributed by atoms with Crippen LogP contribution in [-0.2, 0) is 4.74 Å². The monoisotopic (exact) mass is 377 g/mol. The minimum Gasteiger partial charge on any atom is -0.459 e. The summed E-state index contributed by atoms with van der Waals surface area (Å²) < 4.78 is 11.4. The van der Waals surface area contributed by atoms with E-state index in [2.05, 4.69) is 42.9 Å². The smallest absolute Gasteiger partial charge is 0.270 e. The molecule has 6 nitrogen and oxygen atoms in total. The Kier molecular flexibility index (Phi) is 5.50. The van der Waals surface area contributed by atoms with Gasteiger partial charge in [0.25, 0.3) is 5.91 Å². The van der Waals surface area contributed by atoms with Crippen LogP contribution in [0.5, 0.6) is 0 Å². The fourth-order valence-electron chi connectivity index (χ4n) is 3.21. The zero-order chi connectivity index (χ0) is 18.9. The Morgan fingerprint density at radius 1 is 1.35 bits per heavy atom. The number of rotatable bonds is 5. The molecule has 0 bridgehead atoms. The van der Waals surface area contributed by atoms with Crippen molar-refractivity contribution >= 4 is 17.2 Å². The first-order valence-corrected chi connectivity index (χ1v) is 9.83. The number of thiazole rings is 1. The van der Waals surface area contributed by atoms with E-state index in [9.17, 15) is 4.79 Å². The summed E-state index contributed by atoms with van der Waals surface area (Å²) >= 11 is 1.41. The second-order valence-electron chi connectivity index (χ2n) is 7.61. The van der Waals surface area contributed by atoms with E-state index in [0.717, 1.165) is 23.9 Å². The van der Waals surface area contributed by atoms with Crippen molar-refractivity contribution in [2.75, 3.05) is 19.6 Å². The summed E-state index contributed by atoms with van der Waals surface area (Å²) in [5.74, 6) is 1.37. The van der Waals surface area contributed by atoms with Crippen LogP contribution in [0.2, 0.25) is 0 Å². The maximum Gasteiger partial charge on any atom is 0.270 e. The molecule has 0 unspecified atom stereocenters. The van der Waals surface area contributed by atoms with Crippen molar-refractivity contribution in [1.29, 1.82) is 0 Å². The predicted molar refractivity (Wildman–Crippen MR) is 103 cm³/mol. The number of hydrogen-bond donors (Lipinski definition) is 1. The number of furan rings is 1. The largest absolute Gasteiger partial charge is 0.459 e. The van der Waals surface area contributed by atoms with E-state index < -0.39 is 0 Å². The molecule has 7 heteroatoms. The van der Waals surface area contributed by atoms with Crippen molar-refractivity contribution in [3.63, 3.8) is 0 Å². The highest BCUT2D eigenvalue weighted by Gasteiger charge is 2.33. The predicted octanol–water partition coefficient (Wildman–Crippen LogP) is 3.33. The third-order valence-corrected chi connectivity index (χ3v) is 5.50. The second-order valence-corrected chi connectivity index (χ2v) is 8.46. The summed E-state index contributed by atoms with van der Waals surface area (Å²) in [5.41, 5.74) is 0.275. The van der Waals surface area contributed by atoms with Gasteiger partial charge >= 0.3 is 0 Å². The van der Waals surface area contributed by atoms with E-state index in [1.165, 1.54) is 11.3 Å². The van der Waals surface area contributed by atoms with Gasteiger partial charge in [-0.2, -0.15) is 0 Å². The van der Waals surface area contributed by atoms with Crippen molar-refractivity contribution in [2.45, 2.75) is 52.4 Å². The van der Waals surface area contributed by atoms with E-state index in [1.54, 1.807) is 5.38 Å². The van der Waals surface area contributed by atoms with Crippen LogP contribution in [0.25, 0.3) is 10.8 Å². The molecular weight excluding hydrogens is 350 g/mol. The quantitative estimate of drug-likeness (QED) is 0.866. The number of ether oxygens (including phenoxy) is 1. The van der Waals surface area contributed by atoms with E-state index in [-0.39, 0.29) is 23.7 Å². The normalized spacial score (nSPS) is 21.7. The van der Waals surface area contributed by atoms with E-state index in [0.29, 0.717) is 18.0 Å². The molecule has 0 radical (unpaired) electrons. The van der Waals surface area contributed by atoms with Crippen LogP contribution >= 0.6 is 11.3 Å². The molecule has 2 aromatic rings. The molecule has 0 aliphatic carbocycles. The highest BCUT2D eigenvalue weighted by molar-refractivity contribution is 7.13. The third-order valence-electron chi connectivity index (χ3n) is 4.65. The molecule has 0 spiro atoms. The Bertz CT molecular complexity index is 758. The van der Waals surface area contributed by atoms with Crippen LogP contribution in [-0.4, -0.2) is 53.2 Å². The number of hydrogen-bond acceptors (Lipinski definition) is 6. The van der Waals surface area contributed by atoms with Crippen LogP contribution in [0.3, 0.4) is 0 Å². The number of carbonyl (C=O) groups excluding carboxylic acids is 1. The fraction of sp³-hybridized carbons (Fsp3) is 0.579. The van der Waals surface area contributed by atoms with Gasteiger partial charge in [-0.3, -0.25) is 9.69 Å². The Morgan fingerprint density at radius 3 is 2.65 bits per heavy atom. The number of morpholine rings is 1. The molecule has 26 heavy (non-hydrogen) atoms. The van der Waals surface area contributed by atoms with Crippen LogP contribution < -0.4 is 5.32 Å². The fourth-order valence-corrected chi connectivity index (χ4v) is 3.97. The van der Waals surface area contributed by atoms with Crippen molar-refractivity contribution in [3.05, 3.63) is 29.0 Å². The molecular formula is C19H27N3O3S. The van der Waals surface area contributed by atoms with Crippen LogP contribution in [0, 0.1) is 6.92 Å². The van der Waals surface area contributed by atoms with Crippen molar-refractivity contribution in [2.24, 2.45) is 0 Å². The minimum atomic E-state index is -0.154. The molecule has 142 valence electrons. The van der Waals surface area contributed by atoms with Crippen LogP contribution in [0.15, 0.2) is 21.9 Å². The molecule has 2 atom stereocenters. The molecule has 1 N–H and O–H groups in total. The summed E-state index contributed by atoms with van der Waals surface area (Å²) in [4.78, 5) is 19.3. The first-order valence-electron chi connectivity index (χ1n) is 8.95. The third kappa shape index (κ3) is 4.34. The molecule has 1 saturated heterocycles. The first kappa shape index (κ1) is 19.1. The van der Waals surface area contributed by atoms with E-state index >= 15 is 0 Å². The lowest BCUT2D eigenvalue weighted by atomic mass is 10.00. The lowest BCUT2D eigenvalue weighted by Gasteiger charge is -2.45. The number of aromatic nitrogens is 1. The zero-order valence-electron chi connectivity index (χ0n) is 16.0. The molecule has 3 heterocycles. The summed E-state index contributed by atoms with van der Waals surface area (Å²) in [6.45, 7) is 12.6. The summed E-state index contributed by atoms with van der Waals surface area (Å²) in [7, 11) is 0. The number of carbonyl (C=O) groups is 1. The minimum absolute atomic E-state index is 0.154. The zero-order valence-corrected chi connectivity index (χ0v) is 16.9. The van der Waals surface area contributed by atoms with Gasteiger partial charge in [0.1, 0.15) is 11.5 Å². The molecule has 2 aromatic heterocycles. The van der Waals surface area contributed by atoms with Crippen molar-refractivity contribution < 1.29 is 13.9 Å². The molecule has 1 aliphatic heterocycles. The van der Waals surface area contributed by atoms with E-state index in [1.807, 2.05) is 19.1 Å². The SMILES string of the molecule is Cc1ccc(-c2nc(C(=O)NCC(C)(C)N3C[C@H](C)O[C@@H](C)C3)cs2)o1. The van der Waals surface area contributed by atoms with Gasteiger partial charge in [0.2, 0.25) is 0 Å². The van der Waals surface area contributed by atoms with Gasteiger partial charge in [0.15, 0.2) is 10.8 Å². The topological polar surface area (TPSA) is 67.6 Å². The molecule has 1 fully saturated rings. The average molecular weight is 378 g/mol. The molecule has 0 aromatic carbocycles. The molecule has 0 saturated carbocycles. The molecule has 1 amide bonds. The summed E-state index contributed by atoms with van der Waals surface area (Å²) in [6, 6.07) is 3.77. The van der Waals surface area contributed by atoms with Gasteiger partial charge in [-0.25, -0.2) is 4.98 Å². The maximum atomic E-state index is 12.5. The number of nitrogens with one attached hydrogen (secondary N) is 1. The Balaban J connectivity index is 1.60. The van der Waals surface area contributed by atoms with Gasteiger partial charge in [0.05, 0.1) is 12.2 Å². The second kappa shape index (κ2) is 7.50. The number of aryl methyl sites for hydroxylation is 1. The Labute approximate surface area is 158 Å². The summed E-state index contributed by atoms with van der Waals surface area (Å²) in [6.07, 6.45) is 0.401. The van der Waals surface area contributed by atoms with Gasteiger partial charge < -0.3 is 14.5 Å². The van der Waals surface area contributed by atoms with Gasteiger partial charge in [-0.1, -0.05) is 0 Å². The first-order chi connectivity index (χ1) is 12.2. The standard InChI is InChI=1S/C19H27N3O3S/c1-12-6-7-16(25-12)18-21-15(10-26-18)17(23)20-11-19(4,5)22-8-13(2)24-14(3)9-22/h6-7,10,13-14H,8-9,11H2,1-5H3,(H,20,23)/t13-,14-/m0/s1. The van der Waals surface area contributed by atoms with Gasteiger partial charge in [0, 0.05) is 30.6 Å². The highest BCUT2D eigenvalue weighted by Crippen LogP contribution is 2.26. The van der Waals surface area contributed by atoms with E-state index in [4.69, 9.17) is 9.15 Å².